The van der Waals surface area contributed by atoms with Gasteiger partial charge in [-0.1, -0.05) is 29.3 Å². The highest BCUT2D eigenvalue weighted by Crippen LogP contribution is 2.31. The lowest BCUT2D eigenvalue weighted by Gasteiger charge is -2.08. The zero-order valence-electron chi connectivity index (χ0n) is 13.2. The van der Waals surface area contributed by atoms with Gasteiger partial charge >= 0.3 is 5.97 Å². The fourth-order valence-electron chi connectivity index (χ4n) is 2.38. The quantitative estimate of drug-likeness (QED) is 0.700. The average molecular weight is 356 g/mol. The van der Waals surface area contributed by atoms with Crippen molar-refractivity contribution < 1.29 is 19.1 Å². The van der Waals surface area contributed by atoms with Gasteiger partial charge in [0.15, 0.2) is 0 Å². The first kappa shape index (κ1) is 16.8. The van der Waals surface area contributed by atoms with Crippen molar-refractivity contribution in [2.45, 2.75) is 6.92 Å². The second-order valence-electron chi connectivity index (χ2n) is 5.49. The molecule has 1 heterocycles. The van der Waals surface area contributed by atoms with Gasteiger partial charge in [-0.05, 0) is 49.4 Å². The number of aryl methyl sites for hydroxylation is 1. The van der Waals surface area contributed by atoms with Crippen LogP contribution in [0.5, 0.6) is 0 Å². The number of anilines is 1. The van der Waals surface area contributed by atoms with Gasteiger partial charge in [0.1, 0.15) is 5.76 Å². The summed E-state index contributed by atoms with van der Waals surface area (Å²) in [5.41, 5.74) is 2.62. The monoisotopic (exact) mass is 355 g/mol. The predicted octanol–water partition coefficient (Wildman–Crippen LogP) is 4.86. The molecule has 0 aliphatic heterocycles. The molecule has 0 aliphatic carbocycles. The number of halogens is 1. The molecule has 3 aromatic rings. The predicted molar refractivity (Wildman–Crippen MR) is 95.2 cm³/mol. The van der Waals surface area contributed by atoms with Crippen LogP contribution in [0.1, 0.15) is 26.5 Å². The minimum Gasteiger partial charge on any atom is -0.475 e. The van der Waals surface area contributed by atoms with Crippen molar-refractivity contribution >= 4 is 29.2 Å². The zero-order valence-corrected chi connectivity index (χ0v) is 14.0. The summed E-state index contributed by atoms with van der Waals surface area (Å²) in [4.78, 5) is 23.2. The molecular weight excluding hydrogens is 342 g/mol. The Morgan fingerprint density at radius 3 is 2.52 bits per heavy atom. The van der Waals surface area contributed by atoms with Crippen molar-refractivity contribution in [1.82, 2.24) is 0 Å². The van der Waals surface area contributed by atoms with Crippen LogP contribution in [-0.2, 0) is 0 Å². The third-order valence-electron chi connectivity index (χ3n) is 3.59. The molecule has 0 spiro atoms. The van der Waals surface area contributed by atoms with Crippen molar-refractivity contribution in [3.63, 3.8) is 0 Å². The van der Waals surface area contributed by atoms with Gasteiger partial charge in [-0.25, -0.2) is 4.79 Å². The standard InChI is InChI=1S/C19H14ClNO4/c1-11-3-2-4-12(9-11)18(22)21-13-5-6-14(15(20)10-13)16-7-8-17(25-16)19(23)24/h2-10H,1H3,(H,21,22)(H,23,24). The van der Waals surface area contributed by atoms with E-state index in [9.17, 15) is 9.59 Å². The lowest BCUT2D eigenvalue weighted by molar-refractivity contribution is 0.0663. The first-order valence-corrected chi connectivity index (χ1v) is 7.83. The number of hydrogen-bond donors (Lipinski definition) is 2. The summed E-state index contributed by atoms with van der Waals surface area (Å²) in [6, 6.07) is 15.1. The number of carboxylic acids is 1. The van der Waals surface area contributed by atoms with E-state index in [1.54, 1.807) is 30.3 Å². The average Bonchev–Trinajstić information content (AvgIpc) is 3.05. The van der Waals surface area contributed by atoms with Gasteiger partial charge in [0.2, 0.25) is 5.76 Å². The number of carbonyl (C=O) groups excluding carboxylic acids is 1. The lowest BCUT2D eigenvalue weighted by Crippen LogP contribution is -2.11. The van der Waals surface area contributed by atoms with Crippen molar-refractivity contribution in [2.75, 3.05) is 5.32 Å². The Labute approximate surface area is 148 Å². The molecular formula is C19H14ClNO4. The van der Waals surface area contributed by atoms with E-state index in [1.807, 2.05) is 19.1 Å². The van der Waals surface area contributed by atoms with Crippen LogP contribution in [0.15, 0.2) is 59.0 Å². The molecule has 126 valence electrons. The van der Waals surface area contributed by atoms with Crippen LogP contribution < -0.4 is 5.32 Å². The molecule has 5 nitrogen and oxygen atoms in total. The highest BCUT2D eigenvalue weighted by molar-refractivity contribution is 6.33. The SMILES string of the molecule is Cc1cccc(C(=O)Nc2ccc(-c3ccc(C(=O)O)o3)c(Cl)c2)c1. The minimum atomic E-state index is -1.15. The van der Waals surface area contributed by atoms with Gasteiger partial charge in [0.25, 0.3) is 5.91 Å². The van der Waals surface area contributed by atoms with Gasteiger partial charge in [0.05, 0.1) is 5.02 Å². The van der Waals surface area contributed by atoms with Crippen LogP contribution in [0, 0.1) is 6.92 Å². The van der Waals surface area contributed by atoms with E-state index in [4.69, 9.17) is 21.1 Å². The minimum absolute atomic E-state index is 0.164. The molecule has 1 aromatic heterocycles. The lowest BCUT2D eigenvalue weighted by atomic mass is 10.1. The van der Waals surface area contributed by atoms with Crippen LogP contribution in [0.25, 0.3) is 11.3 Å². The Kier molecular flexibility index (Phi) is 4.59. The highest BCUT2D eigenvalue weighted by Gasteiger charge is 2.14. The molecule has 3 rings (SSSR count). The summed E-state index contributed by atoms with van der Waals surface area (Å²) in [6.07, 6.45) is 0. The summed E-state index contributed by atoms with van der Waals surface area (Å²) in [5.74, 6) is -1.20. The van der Waals surface area contributed by atoms with E-state index in [0.29, 0.717) is 27.6 Å². The van der Waals surface area contributed by atoms with Crippen molar-refractivity contribution in [1.29, 1.82) is 0 Å². The van der Waals surface area contributed by atoms with Crippen molar-refractivity contribution in [2.24, 2.45) is 0 Å². The van der Waals surface area contributed by atoms with E-state index >= 15 is 0 Å². The van der Waals surface area contributed by atoms with Crippen LogP contribution >= 0.6 is 11.6 Å². The third kappa shape index (κ3) is 3.72. The molecule has 0 saturated carbocycles. The molecule has 2 aromatic carbocycles. The van der Waals surface area contributed by atoms with Gasteiger partial charge in [-0.15, -0.1) is 0 Å². The third-order valence-corrected chi connectivity index (χ3v) is 3.90. The Morgan fingerprint density at radius 1 is 1.08 bits per heavy atom. The number of carbonyl (C=O) groups is 2. The molecule has 0 aliphatic rings. The summed E-state index contributed by atoms with van der Waals surface area (Å²) >= 11 is 6.25. The molecule has 0 atom stereocenters. The molecule has 2 N–H and O–H groups in total. The second-order valence-corrected chi connectivity index (χ2v) is 5.89. The number of carboxylic acid groups (broad SMARTS) is 1. The Bertz CT molecular complexity index is 962. The summed E-state index contributed by atoms with van der Waals surface area (Å²) in [6.45, 7) is 1.91. The van der Waals surface area contributed by atoms with Gasteiger partial charge in [-0.2, -0.15) is 0 Å². The fraction of sp³-hybridized carbons (Fsp3) is 0.0526. The number of hydrogen-bond acceptors (Lipinski definition) is 3. The van der Waals surface area contributed by atoms with E-state index in [-0.39, 0.29) is 11.7 Å². The number of nitrogens with one attached hydrogen (secondary N) is 1. The number of amides is 1. The molecule has 1 amide bonds. The Morgan fingerprint density at radius 2 is 1.88 bits per heavy atom. The second kappa shape index (κ2) is 6.83. The van der Waals surface area contributed by atoms with Crippen LogP contribution in [0.2, 0.25) is 5.02 Å². The van der Waals surface area contributed by atoms with Crippen molar-refractivity contribution in [3.8, 4) is 11.3 Å². The normalized spacial score (nSPS) is 10.5. The zero-order chi connectivity index (χ0) is 18.0. The molecule has 6 heteroatoms. The summed E-state index contributed by atoms with van der Waals surface area (Å²) in [7, 11) is 0. The molecule has 0 fully saturated rings. The molecule has 0 bridgehead atoms. The first-order valence-electron chi connectivity index (χ1n) is 7.45. The molecule has 0 unspecified atom stereocenters. The van der Waals surface area contributed by atoms with E-state index in [1.165, 1.54) is 12.1 Å². The summed E-state index contributed by atoms with van der Waals surface area (Å²) in [5, 5.41) is 12.0. The maximum absolute atomic E-state index is 12.3. The highest BCUT2D eigenvalue weighted by atomic mass is 35.5. The maximum Gasteiger partial charge on any atom is 0.371 e. The largest absolute Gasteiger partial charge is 0.475 e. The van der Waals surface area contributed by atoms with Crippen molar-refractivity contribution in [3.05, 3.63) is 76.5 Å². The number of benzene rings is 2. The van der Waals surface area contributed by atoms with Crippen LogP contribution in [-0.4, -0.2) is 17.0 Å². The van der Waals surface area contributed by atoms with E-state index in [2.05, 4.69) is 5.32 Å². The smallest absolute Gasteiger partial charge is 0.371 e. The maximum atomic E-state index is 12.3. The van der Waals surface area contributed by atoms with Gasteiger partial charge < -0.3 is 14.8 Å². The van der Waals surface area contributed by atoms with E-state index < -0.39 is 5.97 Å². The Hall–Kier alpha value is -3.05. The van der Waals surface area contributed by atoms with E-state index in [0.717, 1.165) is 5.56 Å². The van der Waals surface area contributed by atoms with Gasteiger partial charge in [0, 0.05) is 16.8 Å². The Balaban J connectivity index is 1.82. The van der Waals surface area contributed by atoms with Crippen LogP contribution in [0.3, 0.4) is 0 Å². The number of aromatic carboxylic acids is 1. The molecule has 25 heavy (non-hydrogen) atoms. The summed E-state index contributed by atoms with van der Waals surface area (Å²) < 4.78 is 5.24. The topological polar surface area (TPSA) is 79.5 Å². The number of rotatable bonds is 4. The molecule has 0 saturated heterocycles. The first-order chi connectivity index (χ1) is 11.9. The molecule has 0 radical (unpaired) electrons. The van der Waals surface area contributed by atoms with Crippen LogP contribution in [0.4, 0.5) is 5.69 Å². The fourth-order valence-corrected chi connectivity index (χ4v) is 2.65. The number of furan rings is 1. The van der Waals surface area contributed by atoms with Gasteiger partial charge in [-0.3, -0.25) is 4.79 Å².